The van der Waals surface area contributed by atoms with Crippen LogP contribution in [0.25, 0.3) is 0 Å². The SMILES string of the molecule is CC1CCc2c(sc(NC(=O)C3CC=CCC3C(=O)O)c2C(=O)NCc2cccnc2)C1. The third-order valence-corrected chi connectivity index (χ3v) is 7.41. The maximum atomic E-state index is 13.2. The third-order valence-electron chi connectivity index (χ3n) is 6.24. The van der Waals surface area contributed by atoms with Gasteiger partial charge in [-0.05, 0) is 55.2 Å². The summed E-state index contributed by atoms with van der Waals surface area (Å²) in [4.78, 5) is 43.1. The number of aromatic nitrogens is 1. The van der Waals surface area contributed by atoms with Gasteiger partial charge in [0, 0.05) is 23.8 Å². The lowest BCUT2D eigenvalue weighted by Gasteiger charge is -2.24. The van der Waals surface area contributed by atoms with Crippen LogP contribution in [0.4, 0.5) is 5.00 Å². The zero-order valence-electron chi connectivity index (χ0n) is 18.0. The molecule has 0 spiro atoms. The van der Waals surface area contributed by atoms with Crippen LogP contribution in [0.1, 0.15) is 52.5 Å². The predicted molar refractivity (Wildman–Crippen MR) is 123 cm³/mol. The van der Waals surface area contributed by atoms with Crippen molar-refractivity contribution in [3.8, 4) is 0 Å². The van der Waals surface area contributed by atoms with E-state index >= 15 is 0 Å². The summed E-state index contributed by atoms with van der Waals surface area (Å²) >= 11 is 1.45. The number of nitrogens with zero attached hydrogens (tertiary/aromatic N) is 1. The smallest absolute Gasteiger partial charge is 0.307 e. The van der Waals surface area contributed by atoms with Gasteiger partial charge in [-0.25, -0.2) is 0 Å². The summed E-state index contributed by atoms with van der Waals surface area (Å²) in [5.74, 6) is -2.41. The van der Waals surface area contributed by atoms with Gasteiger partial charge in [0.1, 0.15) is 5.00 Å². The molecule has 7 nitrogen and oxygen atoms in total. The van der Waals surface area contributed by atoms with E-state index in [2.05, 4.69) is 22.5 Å². The second kappa shape index (κ2) is 9.65. The number of aliphatic carboxylic acids is 1. The Kier molecular flexibility index (Phi) is 6.69. The van der Waals surface area contributed by atoms with Crippen LogP contribution in [0.15, 0.2) is 36.7 Å². The molecule has 0 saturated carbocycles. The van der Waals surface area contributed by atoms with Gasteiger partial charge in [0.05, 0.1) is 17.4 Å². The van der Waals surface area contributed by atoms with Gasteiger partial charge in [-0.1, -0.05) is 25.1 Å². The normalized spacial score (nSPS) is 22.1. The minimum absolute atomic E-state index is 0.227. The van der Waals surface area contributed by atoms with Gasteiger partial charge in [-0.2, -0.15) is 0 Å². The van der Waals surface area contributed by atoms with Gasteiger partial charge in [0.25, 0.3) is 5.91 Å². The summed E-state index contributed by atoms with van der Waals surface area (Å²) in [5.41, 5.74) is 2.42. The fourth-order valence-electron chi connectivity index (χ4n) is 4.43. The molecule has 0 saturated heterocycles. The number of carboxylic acids is 1. The summed E-state index contributed by atoms with van der Waals surface area (Å²) in [6.45, 7) is 2.53. The molecule has 2 aromatic heterocycles. The highest BCUT2D eigenvalue weighted by atomic mass is 32.1. The number of hydrogen-bond acceptors (Lipinski definition) is 5. The van der Waals surface area contributed by atoms with E-state index in [1.54, 1.807) is 12.4 Å². The molecular formula is C24H27N3O4S. The second-order valence-corrected chi connectivity index (χ2v) is 9.69. The number of fused-ring (bicyclic) bond motifs is 1. The standard InChI is InChI=1S/C24H27N3O4S/c1-14-8-9-18-19(11-14)32-23(20(18)22(29)26-13-15-5-4-10-25-12-15)27-21(28)16-6-2-3-7-17(16)24(30)31/h2-5,10,12,14,16-17H,6-9,11,13H2,1H3,(H,26,29)(H,27,28)(H,30,31). The Balaban J connectivity index is 1.58. The number of thiophene rings is 1. The average Bonchev–Trinajstić information content (AvgIpc) is 3.14. The maximum Gasteiger partial charge on any atom is 0.307 e. The maximum absolute atomic E-state index is 13.2. The van der Waals surface area contributed by atoms with Crippen molar-refractivity contribution in [1.82, 2.24) is 10.3 Å². The Morgan fingerprint density at radius 1 is 1.22 bits per heavy atom. The van der Waals surface area contributed by atoms with E-state index in [9.17, 15) is 19.5 Å². The molecule has 3 atom stereocenters. The molecule has 4 rings (SSSR count). The van der Waals surface area contributed by atoms with Gasteiger partial charge >= 0.3 is 5.97 Å². The lowest BCUT2D eigenvalue weighted by molar-refractivity contribution is -0.146. The molecule has 0 radical (unpaired) electrons. The molecule has 32 heavy (non-hydrogen) atoms. The van der Waals surface area contributed by atoms with Crippen molar-refractivity contribution in [3.05, 3.63) is 58.2 Å². The lowest BCUT2D eigenvalue weighted by Crippen LogP contribution is -2.35. The van der Waals surface area contributed by atoms with Crippen LogP contribution >= 0.6 is 11.3 Å². The largest absolute Gasteiger partial charge is 0.481 e. The Hall–Kier alpha value is -3.00. The Morgan fingerprint density at radius 2 is 2.00 bits per heavy atom. The molecule has 8 heteroatoms. The molecule has 2 aromatic rings. The number of hydrogen-bond donors (Lipinski definition) is 3. The fraction of sp³-hybridized carbons (Fsp3) is 0.417. The molecule has 2 aliphatic rings. The van der Waals surface area contributed by atoms with E-state index in [-0.39, 0.29) is 11.8 Å². The van der Waals surface area contributed by atoms with Crippen LogP contribution in [0.2, 0.25) is 0 Å². The molecule has 3 N–H and O–H groups in total. The van der Waals surface area contributed by atoms with Crippen LogP contribution in [0, 0.1) is 17.8 Å². The number of carbonyl (C=O) groups is 3. The summed E-state index contributed by atoms with van der Waals surface area (Å²) < 4.78 is 0. The predicted octanol–water partition coefficient (Wildman–Crippen LogP) is 3.80. The van der Waals surface area contributed by atoms with Crippen LogP contribution in [0.3, 0.4) is 0 Å². The molecule has 2 heterocycles. The Labute approximate surface area is 190 Å². The number of carbonyl (C=O) groups excluding carboxylic acids is 2. The summed E-state index contributed by atoms with van der Waals surface area (Å²) in [6.07, 6.45) is 10.4. The van der Waals surface area contributed by atoms with E-state index in [0.717, 1.165) is 35.3 Å². The molecular weight excluding hydrogens is 426 g/mol. The number of anilines is 1. The van der Waals surface area contributed by atoms with Crippen molar-refractivity contribution in [3.63, 3.8) is 0 Å². The average molecular weight is 454 g/mol. The monoisotopic (exact) mass is 453 g/mol. The van der Waals surface area contributed by atoms with E-state index in [4.69, 9.17) is 0 Å². The summed E-state index contributed by atoms with van der Waals surface area (Å²) in [7, 11) is 0. The zero-order chi connectivity index (χ0) is 22.7. The van der Waals surface area contributed by atoms with E-state index in [0.29, 0.717) is 35.9 Å². The topological polar surface area (TPSA) is 108 Å². The van der Waals surface area contributed by atoms with E-state index < -0.39 is 17.8 Å². The van der Waals surface area contributed by atoms with Crippen LogP contribution in [0.5, 0.6) is 0 Å². The first-order valence-corrected chi connectivity index (χ1v) is 11.8. The van der Waals surface area contributed by atoms with Crippen molar-refractivity contribution in [2.24, 2.45) is 17.8 Å². The number of carboxylic acid groups (broad SMARTS) is 1. The van der Waals surface area contributed by atoms with Gasteiger partial charge in [-0.15, -0.1) is 11.3 Å². The van der Waals surface area contributed by atoms with Crippen molar-refractivity contribution in [2.75, 3.05) is 5.32 Å². The van der Waals surface area contributed by atoms with Crippen LogP contribution in [-0.2, 0) is 29.0 Å². The first kappa shape index (κ1) is 22.2. The molecule has 2 aliphatic carbocycles. The molecule has 0 aromatic carbocycles. The van der Waals surface area contributed by atoms with Crippen molar-refractivity contribution >= 4 is 34.1 Å². The van der Waals surface area contributed by atoms with Crippen molar-refractivity contribution in [2.45, 2.75) is 45.6 Å². The molecule has 0 fully saturated rings. The molecule has 0 aliphatic heterocycles. The van der Waals surface area contributed by atoms with Gasteiger partial charge in [0.15, 0.2) is 0 Å². The minimum Gasteiger partial charge on any atom is -0.481 e. The summed E-state index contributed by atoms with van der Waals surface area (Å²) in [6, 6.07) is 3.71. The molecule has 3 unspecified atom stereocenters. The number of rotatable bonds is 6. The lowest BCUT2D eigenvalue weighted by atomic mass is 9.82. The number of amides is 2. The Bertz CT molecular complexity index is 1050. The van der Waals surface area contributed by atoms with Crippen LogP contribution < -0.4 is 10.6 Å². The van der Waals surface area contributed by atoms with Gasteiger partial charge in [-0.3, -0.25) is 19.4 Å². The highest BCUT2D eigenvalue weighted by Crippen LogP contribution is 2.40. The molecule has 168 valence electrons. The highest BCUT2D eigenvalue weighted by molar-refractivity contribution is 7.17. The fourth-order valence-corrected chi connectivity index (χ4v) is 5.85. The highest BCUT2D eigenvalue weighted by Gasteiger charge is 2.35. The summed E-state index contributed by atoms with van der Waals surface area (Å²) in [5, 5.41) is 15.9. The quantitative estimate of drug-likeness (QED) is 0.577. The number of pyridine rings is 1. The number of nitrogens with one attached hydrogen (secondary N) is 2. The first-order chi connectivity index (χ1) is 15.4. The number of allylic oxidation sites excluding steroid dienone is 2. The zero-order valence-corrected chi connectivity index (χ0v) is 18.8. The Morgan fingerprint density at radius 3 is 2.72 bits per heavy atom. The third kappa shape index (κ3) is 4.75. The molecule has 0 bridgehead atoms. The second-order valence-electron chi connectivity index (χ2n) is 8.58. The van der Waals surface area contributed by atoms with Gasteiger partial charge < -0.3 is 15.7 Å². The van der Waals surface area contributed by atoms with Crippen molar-refractivity contribution in [1.29, 1.82) is 0 Å². The van der Waals surface area contributed by atoms with Gasteiger partial charge in [0.2, 0.25) is 5.91 Å². The molecule has 2 amide bonds. The first-order valence-electron chi connectivity index (χ1n) is 10.9. The van der Waals surface area contributed by atoms with Crippen LogP contribution in [-0.4, -0.2) is 27.9 Å². The van der Waals surface area contributed by atoms with Crippen molar-refractivity contribution < 1.29 is 19.5 Å². The minimum atomic E-state index is -0.969. The van der Waals surface area contributed by atoms with E-state index in [1.165, 1.54) is 11.3 Å². The van der Waals surface area contributed by atoms with E-state index in [1.807, 2.05) is 24.3 Å².